The van der Waals surface area contributed by atoms with Crippen molar-refractivity contribution in [3.05, 3.63) is 52.7 Å². The van der Waals surface area contributed by atoms with Crippen LogP contribution in [0.5, 0.6) is 0 Å². The number of halogens is 2. The van der Waals surface area contributed by atoms with Crippen LogP contribution in [-0.4, -0.2) is 29.8 Å². The molecule has 6 heteroatoms. The number of carbonyl (C=O) groups excluding carboxylic acids is 1. The zero-order valence-electron chi connectivity index (χ0n) is 13.4. The van der Waals surface area contributed by atoms with Crippen LogP contribution in [0.2, 0.25) is 0 Å². The molecule has 3 rings (SSSR count). The Labute approximate surface area is 167 Å². The molecule has 2 aromatic heterocycles. The summed E-state index contributed by atoms with van der Waals surface area (Å²) in [6.45, 7) is 5.76. The third-order valence-corrected chi connectivity index (χ3v) is 7.15. The lowest BCUT2D eigenvalue weighted by atomic mass is 9.95. The van der Waals surface area contributed by atoms with E-state index in [-0.39, 0.29) is 5.78 Å². The average Bonchev–Trinajstić information content (AvgIpc) is 3.11. The Kier molecular flexibility index (Phi) is 5.93. The molecule has 0 saturated carbocycles. The monoisotopic (exact) mass is 485 g/mol. The normalized spacial score (nSPS) is 19.8. The van der Waals surface area contributed by atoms with Gasteiger partial charge in [-0.05, 0) is 70.0 Å². The highest BCUT2D eigenvalue weighted by Gasteiger charge is 2.27. The van der Waals surface area contributed by atoms with E-state index in [2.05, 4.69) is 62.7 Å². The maximum atomic E-state index is 12.9. The van der Waals surface area contributed by atoms with Crippen molar-refractivity contribution in [1.29, 1.82) is 0 Å². The lowest BCUT2D eigenvalue weighted by Gasteiger charge is -2.32. The zero-order valence-corrected chi connectivity index (χ0v) is 18.2. The largest absolute Gasteiger partial charge is 0.292 e. The molecule has 2 aromatic rings. The number of rotatable bonds is 3. The molecule has 0 bridgehead atoms. The summed E-state index contributed by atoms with van der Waals surface area (Å²) in [7, 11) is 0. The molecule has 0 spiro atoms. The summed E-state index contributed by atoms with van der Waals surface area (Å²) in [5, 5.41) is 4.08. The van der Waals surface area contributed by atoms with E-state index in [1.165, 1.54) is 0 Å². The minimum atomic E-state index is 0.168. The number of piperidine rings is 1. The first kappa shape index (κ1) is 18.3. The van der Waals surface area contributed by atoms with Gasteiger partial charge in [-0.15, -0.1) is 22.7 Å². The molecule has 3 heterocycles. The predicted octanol–water partition coefficient (Wildman–Crippen LogP) is 6.09. The van der Waals surface area contributed by atoms with Crippen molar-refractivity contribution in [3.63, 3.8) is 0 Å². The number of nitrogens with zero attached hydrogens (tertiary/aromatic N) is 1. The molecule has 0 amide bonds. The van der Waals surface area contributed by atoms with Crippen LogP contribution in [0.1, 0.15) is 23.6 Å². The van der Waals surface area contributed by atoms with Crippen molar-refractivity contribution < 1.29 is 4.79 Å². The molecule has 0 atom stereocenters. The molecule has 1 fully saturated rings. The second kappa shape index (κ2) is 7.79. The SMILES string of the molecule is CC(C)N1CC(=Cc2cc(Br)cs2)C(=O)C(=Cc2cc(Br)cs2)C1. The number of Topliss-reactive ketones (excluding diaryl/α,β-unsaturated/α-hetero) is 1. The first-order valence-corrected chi connectivity index (χ1v) is 10.9. The van der Waals surface area contributed by atoms with Crippen LogP contribution in [0.15, 0.2) is 43.0 Å². The molecule has 0 aliphatic carbocycles. The molecule has 1 saturated heterocycles. The maximum Gasteiger partial charge on any atom is 0.187 e. The molecule has 0 unspecified atom stereocenters. The van der Waals surface area contributed by atoms with Crippen LogP contribution in [0.3, 0.4) is 0 Å². The fourth-order valence-corrected chi connectivity index (χ4v) is 5.38. The summed E-state index contributed by atoms with van der Waals surface area (Å²) in [6, 6.07) is 4.51. The first-order chi connectivity index (χ1) is 11.4. The van der Waals surface area contributed by atoms with E-state index >= 15 is 0 Å². The van der Waals surface area contributed by atoms with Gasteiger partial charge >= 0.3 is 0 Å². The van der Waals surface area contributed by atoms with Crippen LogP contribution < -0.4 is 0 Å². The van der Waals surface area contributed by atoms with Crippen LogP contribution in [-0.2, 0) is 4.79 Å². The van der Waals surface area contributed by atoms with Crippen LogP contribution >= 0.6 is 54.5 Å². The lowest BCUT2D eigenvalue weighted by Crippen LogP contribution is -2.41. The first-order valence-electron chi connectivity index (χ1n) is 7.60. The van der Waals surface area contributed by atoms with Crippen molar-refractivity contribution in [2.75, 3.05) is 13.1 Å². The van der Waals surface area contributed by atoms with Crippen LogP contribution in [0, 0.1) is 0 Å². The third-order valence-electron chi connectivity index (χ3n) is 3.87. The van der Waals surface area contributed by atoms with E-state index in [0.717, 1.165) is 29.8 Å². The van der Waals surface area contributed by atoms with Crippen LogP contribution in [0.25, 0.3) is 12.2 Å². The fourth-order valence-electron chi connectivity index (χ4n) is 2.58. The molecule has 2 nitrogen and oxygen atoms in total. The number of ketones is 1. The van der Waals surface area contributed by atoms with Gasteiger partial charge in [0.2, 0.25) is 0 Å². The van der Waals surface area contributed by atoms with Gasteiger partial charge in [0.05, 0.1) is 0 Å². The highest BCUT2D eigenvalue weighted by Crippen LogP contribution is 2.28. The van der Waals surface area contributed by atoms with E-state index in [9.17, 15) is 4.79 Å². The van der Waals surface area contributed by atoms with Gasteiger partial charge in [-0.25, -0.2) is 0 Å². The van der Waals surface area contributed by atoms with Gasteiger partial charge in [0, 0.05) is 59.7 Å². The topological polar surface area (TPSA) is 20.3 Å². The molecule has 1 aliphatic rings. The summed E-state index contributed by atoms with van der Waals surface area (Å²) in [4.78, 5) is 17.5. The Morgan fingerprint density at radius 1 is 1.00 bits per heavy atom. The fraction of sp³-hybridized carbons (Fsp3) is 0.278. The van der Waals surface area contributed by atoms with Gasteiger partial charge < -0.3 is 0 Å². The maximum absolute atomic E-state index is 12.9. The Balaban J connectivity index is 1.95. The standard InChI is InChI=1S/C18H17Br2NOS2/c1-11(2)21-7-12(3-16-5-14(19)9-23-16)18(22)13(8-21)4-17-6-15(20)10-24-17/h3-6,9-11H,7-8H2,1-2H3. The number of thiophene rings is 2. The van der Waals surface area contributed by atoms with Gasteiger partial charge in [-0.2, -0.15) is 0 Å². The summed E-state index contributed by atoms with van der Waals surface area (Å²) in [6.07, 6.45) is 4.06. The van der Waals surface area contributed by atoms with Crippen LogP contribution in [0.4, 0.5) is 0 Å². The Morgan fingerprint density at radius 3 is 1.79 bits per heavy atom. The van der Waals surface area contributed by atoms with E-state index in [1.807, 2.05) is 22.9 Å². The van der Waals surface area contributed by atoms with Crippen molar-refractivity contribution in [2.24, 2.45) is 0 Å². The van der Waals surface area contributed by atoms with Crippen molar-refractivity contribution >= 4 is 72.5 Å². The predicted molar refractivity (Wildman–Crippen MR) is 112 cm³/mol. The molecule has 0 aromatic carbocycles. The smallest absolute Gasteiger partial charge is 0.187 e. The summed E-state index contributed by atoms with van der Waals surface area (Å²) < 4.78 is 2.12. The Hall–Kier alpha value is -0.530. The van der Waals surface area contributed by atoms with E-state index < -0.39 is 0 Å². The lowest BCUT2D eigenvalue weighted by molar-refractivity contribution is -0.113. The van der Waals surface area contributed by atoms with Crippen molar-refractivity contribution in [1.82, 2.24) is 4.90 Å². The number of likely N-dealkylation sites (tertiary alicyclic amines) is 1. The van der Waals surface area contributed by atoms with E-state index in [4.69, 9.17) is 0 Å². The number of carbonyl (C=O) groups is 1. The minimum Gasteiger partial charge on any atom is -0.292 e. The summed E-state index contributed by atoms with van der Waals surface area (Å²) in [5.41, 5.74) is 1.73. The molecule has 24 heavy (non-hydrogen) atoms. The van der Waals surface area contributed by atoms with Gasteiger partial charge in [0.1, 0.15) is 0 Å². The molecule has 0 radical (unpaired) electrons. The quantitative estimate of drug-likeness (QED) is 0.489. The molecule has 126 valence electrons. The van der Waals surface area contributed by atoms with Crippen molar-refractivity contribution in [2.45, 2.75) is 19.9 Å². The van der Waals surface area contributed by atoms with Gasteiger partial charge in [0.25, 0.3) is 0 Å². The molecule has 0 N–H and O–H groups in total. The van der Waals surface area contributed by atoms with E-state index in [0.29, 0.717) is 19.1 Å². The molecular formula is C18H17Br2NOS2. The molecule has 1 aliphatic heterocycles. The Bertz CT molecular complexity index is 754. The summed E-state index contributed by atoms with van der Waals surface area (Å²) in [5.74, 6) is 0.168. The highest BCUT2D eigenvalue weighted by molar-refractivity contribution is 9.10. The second-order valence-electron chi connectivity index (χ2n) is 6.00. The Morgan fingerprint density at radius 2 is 1.46 bits per heavy atom. The number of hydrogen-bond donors (Lipinski definition) is 0. The van der Waals surface area contributed by atoms with E-state index in [1.54, 1.807) is 22.7 Å². The molecular weight excluding hydrogens is 470 g/mol. The third kappa shape index (κ3) is 4.35. The summed E-state index contributed by atoms with van der Waals surface area (Å²) >= 11 is 10.2. The van der Waals surface area contributed by atoms with Crippen molar-refractivity contribution in [3.8, 4) is 0 Å². The second-order valence-corrected chi connectivity index (χ2v) is 9.72. The van der Waals surface area contributed by atoms with Gasteiger partial charge in [0.15, 0.2) is 5.78 Å². The number of hydrogen-bond acceptors (Lipinski definition) is 4. The minimum absolute atomic E-state index is 0.168. The highest BCUT2D eigenvalue weighted by atomic mass is 79.9. The van der Waals surface area contributed by atoms with Gasteiger partial charge in [-0.3, -0.25) is 9.69 Å². The van der Waals surface area contributed by atoms with Gasteiger partial charge in [-0.1, -0.05) is 0 Å². The average molecular weight is 487 g/mol. The zero-order chi connectivity index (χ0) is 17.3.